The molecule has 4 aromatic rings. The van der Waals surface area contributed by atoms with Crippen molar-refractivity contribution < 1.29 is 14.5 Å². The van der Waals surface area contributed by atoms with E-state index in [1.165, 1.54) is 12.1 Å². The first-order valence-corrected chi connectivity index (χ1v) is 14.8. The van der Waals surface area contributed by atoms with Gasteiger partial charge in [0, 0.05) is 74.7 Å². The highest BCUT2D eigenvalue weighted by Crippen LogP contribution is 2.31. The van der Waals surface area contributed by atoms with Crippen LogP contribution in [0, 0.1) is 16.0 Å². The predicted octanol–water partition coefficient (Wildman–Crippen LogP) is 6.08. The van der Waals surface area contributed by atoms with E-state index in [2.05, 4.69) is 15.5 Å². The van der Waals surface area contributed by atoms with Crippen molar-refractivity contribution in [1.82, 2.24) is 19.2 Å². The fourth-order valence-corrected chi connectivity index (χ4v) is 6.43. The molecule has 1 saturated carbocycles. The number of benzene rings is 2. The third kappa shape index (κ3) is 5.90. The van der Waals surface area contributed by atoms with Crippen molar-refractivity contribution in [1.29, 1.82) is 0 Å². The Balaban J connectivity index is 1.27. The highest BCUT2D eigenvalue weighted by atomic mass is 35.5. The minimum absolute atomic E-state index is 0.0443. The largest absolute Gasteiger partial charge is 0.381 e. The second-order valence-corrected chi connectivity index (χ2v) is 11.6. The van der Waals surface area contributed by atoms with Gasteiger partial charge >= 0.3 is 0 Å². The molecule has 2 atom stereocenters. The molecule has 9 nitrogen and oxygen atoms in total. The van der Waals surface area contributed by atoms with Gasteiger partial charge in [-0.05, 0) is 66.8 Å². The van der Waals surface area contributed by atoms with Crippen molar-refractivity contribution in [2.75, 3.05) is 33.3 Å². The summed E-state index contributed by atoms with van der Waals surface area (Å²) in [5.41, 5.74) is 5.47. The van der Waals surface area contributed by atoms with Crippen LogP contribution in [0.5, 0.6) is 0 Å². The number of nitro benzene ring substituents is 1. The topological polar surface area (TPSA) is 93.2 Å². The summed E-state index contributed by atoms with van der Waals surface area (Å²) in [4.78, 5) is 33.5. The van der Waals surface area contributed by atoms with Gasteiger partial charge in [0.1, 0.15) is 5.65 Å². The lowest BCUT2D eigenvalue weighted by Crippen LogP contribution is -2.50. The normalized spacial score (nSPS) is 19.7. The van der Waals surface area contributed by atoms with E-state index in [1.54, 1.807) is 19.2 Å². The molecule has 218 valence electrons. The zero-order chi connectivity index (χ0) is 29.2. The van der Waals surface area contributed by atoms with E-state index >= 15 is 0 Å². The van der Waals surface area contributed by atoms with E-state index in [4.69, 9.17) is 21.3 Å². The minimum atomic E-state index is -0.394. The molecular formula is C32H34ClN5O4. The van der Waals surface area contributed by atoms with Crippen LogP contribution in [-0.2, 0) is 16.1 Å². The smallest absolute Gasteiger partial charge is 0.269 e. The number of methoxy groups -OCH3 is 1. The molecule has 0 bridgehead atoms. The van der Waals surface area contributed by atoms with E-state index in [0.717, 1.165) is 72.5 Å². The number of fused-ring (bicyclic) bond motifs is 1. The number of imidazole rings is 1. The van der Waals surface area contributed by atoms with Gasteiger partial charge in [-0.25, -0.2) is 4.98 Å². The molecule has 0 unspecified atom stereocenters. The summed E-state index contributed by atoms with van der Waals surface area (Å²) in [6.07, 6.45) is 6.07. The van der Waals surface area contributed by atoms with E-state index in [0.29, 0.717) is 24.7 Å². The van der Waals surface area contributed by atoms with Gasteiger partial charge in [0.2, 0.25) is 5.91 Å². The number of hydrogen-bond donors (Lipinski definition) is 0. The molecule has 0 radical (unpaired) electrons. The molecule has 2 aromatic heterocycles. The molecule has 3 heterocycles. The molecule has 10 heteroatoms. The van der Waals surface area contributed by atoms with Crippen LogP contribution in [0.4, 0.5) is 5.69 Å². The first-order valence-electron chi connectivity index (χ1n) is 14.5. The Kier molecular flexibility index (Phi) is 8.24. The number of amides is 1. The van der Waals surface area contributed by atoms with Gasteiger partial charge in [0.25, 0.3) is 5.69 Å². The number of non-ortho nitro benzene ring substituents is 1. The first kappa shape index (κ1) is 28.3. The summed E-state index contributed by atoms with van der Waals surface area (Å²) in [5, 5.41) is 11.9. The zero-order valence-electron chi connectivity index (χ0n) is 23.6. The van der Waals surface area contributed by atoms with Crippen LogP contribution >= 0.6 is 11.6 Å². The summed E-state index contributed by atoms with van der Waals surface area (Å²) in [5.74, 6) is 0.302. The Morgan fingerprint density at radius 3 is 2.50 bits per heavy atom. The van der Waals surface area contributed by atoms with Gasteiger partial charge in [-0.3, -0.25) is 19.8 Å². The number of pyridine rings is 1. The quantitative estimate of drug-likeness (QED) is 0.192. The number of ether oxygens (including phenoxy) is 1. The van der Waals surface area contributed by atoms with Crippen LogP contribution in [-0.4, -0.2) is 69.4 Å². The number of rotatable bonds is 7. The fraction of sp³-hybridized carbons (Fsp3) is 0.375. The number of halogens is 1. The summed E-state index contributed by atoms with van der Waals surface area (Å²) in [6.45, 7) is 3.51. The Bertz CT molecular complexity index is 1600. The zero-order valence-corrected chi connectivity index (χ0v) is 24.4. The van der Waals surface area contributed by atoms with Gasteiger partial charge in [-0.1, -0.05) is 30.2 Å². The van der Waals surface area contributed by atoms with Crippen molar-refractivity contribution >= 4 is 28.8 Å². The third-order valence-electron chi connectivity index (χ3n) is 8.59. The molecule has 2 aliphatic rings. The van der Waals surface area contributed by atoms with Crippen LogP contribution in [0.25, 0.3) is 28.0 Å². The minimum Gasteiger partial charge on any atom is -0.381 e. The number of hydrogen-bond acceptors (Lipinski definition) is 6. The highest BCUT2D eigenvalue weighted by molar-refractivity contribution is 6.30. The van der Waals surface area contributed by atoms with Crippen LogP contribution in [0.1, 0.15) is 31.4 Å². The number of carbonyl (C=O) groups excluding carboxylic acids is 1. The second kappa shape index (κ2) is 12.2. The van der Waals surface area contributed by atoms with Crippen molar-refractivity contribution in [3.8, 4) is 22.4 Å². The van der Waals surface area contributed by atoms with Crippen molar-refractivity contribution in [3.63, 3.8) is 0 Å². The first-order chi connectivity index (χ1) is 20.4. The SMILES string of the molecule is CO[C@H]1CCC[C@@H](C(=O)N2CCN(Cc3c(-c4ccc([N+](=O)[O-])cc4)nc4ccc(-c5cccc(Cl)c5)cn34)CC2)C1. The number of piperazine rings is 1. The summed E-state index contributed by atoms with van der Waals surface area (Å²) in [6, 6.07) is 18.3. The maximum Gasteiger partial charge on any atom is 0.269 e. The number of aromatic nitrogens is 2. The fourth-order valence-electron chi connectivity index (χ4n) is 6.24. The molecule has 1 saturated heterocycles. The highest BCUT2D eigenvalue weighted by Gasteiger charge is 2.32. The van der Waals surface area contributed by atoms with E-state index in [9.17, 15) is 14.9 Å². The van der Waals surface area contributed by atoms with Gasteiger partial charge in [-0.2, -0.15) is 0 Å². The monoisotopic (exact) mass is 587 g/mol. The van der Waals surface area contributed by atoms with Gasteiger partial charge in [-0.15, -0.1) is 0 Å². The Hall–Kier alpha value is -3.79. The predicted molar refractivity (Wildman–Crippen MR) is 162 cm³/mol. The lowest BCUT2D eigenvalue weighted by atomic mass is 9.86. The van der Waals surface area contributed by atoms with Crippen LogP contribution in [0.3, 0.4) is 0 Å². The Labute approximate surface area is 249 Å². The Morgan fingerprint density at radius 2 is 1.79 bits per heavy atom. The molecule has 42 heavy (non-hydrogen) atoms. The molecule has 0 spiro atoms. The lowest BCUT2D eigenvalue weighted by molar-refractivity contribution is -0.384. The van der Waals surface area contributed by atoms with Crippen molar-refractivity contribution in [2.45, 2.75) is 38.3 Å². The average molecular weight is 588 g/mol. The maximum atomic E-state index is 13.3. The molecule has 2 fully saturated rings. The van der Waals surface area contributed by atoms with Gasteiger partial charge < -0.3 is 14.0 Å². The lowest BCUT2D eigenvalue weighted by Gasteiger charge is -2.38. The van der Waals surface area contributed by atoms with Crippen LogP contribution < -0.4 is 0 Å². The summed E-state index contributed by atoms with van der Waals surface area (Å²) < 4.78 is 7.66. The summed E-state index contributed by atoms with van der Waals surface area (Å²) in [7, 11) is 1.74. The number of nitrogens with zero attached hydrogens (tertiary/aromatic N) is 5. The summed E-state index contributed by atoms with van der Waals surface area (Å²) >= 11 is 6.28. The second-order valence-electron chi connectivity index (χ2n) is 11.2. The number of carbonyl (C=O) groups is 1. The molecule has 6 rings (SSSR count). The Morgan fingerprint density at radius 1 is 1.02 bits per heavy atom. The molecular weight excluding hydrogens is 554 g/mol. The molecule has 1 amide bonds. The average Bonchev–Trinajstić information content (AvgIpc) is 3.38. The van der Waals surface area contributed by atoms with Crippen LogP contribution in [0.15, 0.2) is 66.9 Å². The molecule has 1 aliphatic heterocycles. The third-order valence-corrected chi connectivity index (χ3v) is 8.83. The maximum absolute atomic E-state index is 13.3. The number of nitro groups is 1. The van der Waals surface area contributed by atoms with Crippen LogP contribution in [0.2, 0.25) is 5.02 Å². The standard InChI is InChI=1S/C32H34ClN5O4/c1-42-28-7-3-5-24(19-28)32(39)36-16-14-35(15-17-36)21-29-31(22-8-11-27(12-9-22)38(40)41)34-30-13-10-25(20-37(29)30)23-4-2-6-26(33)18-23/h2,4,6,8-13,18,20,24,28H,3,5,7,14-17,19,21H2,1H3/t24-,28+/m1/s1. The van der Waals surface area contributed by atoms with Gasteiger partial charge in [0.15, 0.2) is 0 Å². The molecule has 2 aromatic carbocycles. The van der Waals surface area contributed by atoms with E-state index in [-0.39, 0.29) is 23.6 Å². The van der Waals surface area contributed by atoms with Crippen molar-refractivity contribution in [2.24, 2.45) is 5.92 Å². The van der Waals surface area contributed by atoms with E-state index < -0.39 is 4.92 Å². The molecule has 0 N–H and O–H groups in total. The van der Waals surface area contributed by atoms with Gasteiger partial charge in [0.05, 0.1) is 22.4 Å². The van der Waals surface area contributed by atoms with Crippen molar-refractivity contribution in [3.05, 3.63) is 87.7 Å². The molecule has 1 aliphatic carbocycles. The van der Waals surface area contributed by atoms with E-state index in [1.807, 2.05) is 41.3 Å².